The Morgan fingerprint density at radius 3 is 2.47 bits per heavy atom. The fourth-order valence-corrected chi connectivity index (χ4v) is 4.54. The lowest BCUT2D eigenvalue weighted by Gasteiger charge is -2.37. The zero-order chi connectivity index (χ0) is 22.8. The number of piperidine rings is 1. The molecule has 0 aliphatic carbocycles. The Bertz CT molecular complexity index is 969. The van der Waals surface area contributed by atoms with Gasteiger partial charge < -0.3 is 15.5 Å². The third-order valence-corrected chi connectivity index (χ3v) is 6.26. The fourth-order valence-electron chi connectivity index (χ4n) is 4.54. The first-order valence-electron chi connectivity index (χ1n) is 11.0. The van der Waals surface area contributed by atoms with Crippen LogP contribution in [0.2, 0.25) is 0 Å². The molecule has 170 valence electrons. The number of benzene rings is 1. The molecule has 4 rings (SSSR count). The quantitative estimate of drug-likeness (QED) is 0.464. The number of nitrogens with one attached hydrogen (secondary N) is 1. The van der Waals surface area contributed by atoms with Crippen LogP contribution >= 0.6 is 0 Å². The van der Waals surface area contributed by atoms with E-state index in [4.69, 9.17) is 5.73 Å². The first kappa shape index (κ1) is 21.9. The Balaban J connectivity index is 1.49. The van der Waals surface area contributed by atoms with Crippen LogP contribution in [0.25, 0.3) is 0 Å². The number of hydrogen-bond donors (Lipinski definition) is 2. The van der Waals surface area contributed by atoms with Crippen LogP contribution in [-0.4, -0.2) is 78.1 Å². The van der Waals surface area contributed by atoms with Crippen molar-refractivity contribution >= 4 is 35.2 Å². The van der Waals surface area contributed by atoms with Gasteiger partial charge in [-0.15, -0.1) is 0 Å². The van der Waals surface area contributed by atoms with E-state index < -0.39 is 29.7 Å². The lowest BCUT2D eigenvalue weighted by atomic mass is 10.0. The zero-order valence-electron chi connectivity index (χ0n) is 17.8. The Morgan fingerprint density at radius 1 is 1.03 bits per heavy atom. The minimum absolute atomic E-state index is 0.0813. The monoisotopic (exact) mass is 441 g/mol. The van der Waals surface area contributed by atoms with Crippen molar-refractivity contribution in [2.24, 2.45) is 5.73 Å². The van der Waals surface area contributed by atoms with Crippen LogP contribution in [0, 0.1) is 0 Å². The number of anilines is 1. The molecule has 5 amide bonds. The zero-order valence-corrected chi connectivity index (χ0v) is 17.8. The second-order valence-electron chi connectivity index (χ2n) is 8.26. The molecule has 3 heterocycles. The van der Waals surface area contributed by atoms with E-state index in [1.54, 1.807) is 18.2 Å². The Kier molecular flexibility index (Phi) is 6.22. The molecule has 2 fully saturated rings. The molecule has 3 aliphatic heterocycles. The highest BCUT2D eigenvalue weighted by atomic mass is 16.2. The molecule has 0 radical (unpaired) electrons. The standard InChI is InChI=1S/C22H27N5O5/c23-9-2-1-6-18(29)26-12-10-25(11-13-26)15-5-3-4-14-19(15)22(32)27(21(14)31)16-7-8-17(28)24-20(16)30/h3-5,16H,1-2,6-13,23H2,(H,24,28,30). The number of nitrogens with two attached hydrogens (primary N) is 1. The maximum absolute atomic E-state index is 13.3. The second-order valence-corrected chi connectivity index (χ2v) is 8.26. The van der Waals surface area contributed by atoms with E-state index in [0.717, 1.165) is 17.7 Å². The van der Waals surface area contributed by atoms with E-state index in [0.29, 0.717) is 44.8 Å². The average molecular weight is 441 g/mol. The van der Waals surface area contributed by atoms with Gasteiger partial charge in [0, 0.05) is 39.0 Å². The van der Waals surface area contributed by atoms with Gasteiger partial charge in [0.1, 0.15) is 6.04 Å². The van der Waals surface area contributed by atoms with E-state index in [1.807, 2.05) is 9.80 Å². The SMILES string of the molecule is NCCCCC(=O)N1CCN(c2cccc3c2C(=O)N(C2CCC(=O)NC2=O)C3=O)CC1. The molecule has 1 aromatic carbocycles. The van der Waals surface area contributed by atoms with Crippen molar-refractivity contribution in [1.82, 2.24) is 15.1 Å². The summed E-state index contributed by atoms with van der Waals surface area (Å²) in [6, 6.07) is 4.10. The highest BCUT2D eigenvalue weighted by Gasteiger charge is 2.46. The predicted octanol–water partition coefficient (Wildman–Crippen LogP) is -0.135. The van der Waals surface area contributed by atoms with E-state index in [1.165, 1.54) is 0 Å². The van der Waals surface area contributed by atoms with Crippen molar-refractivity contribution in [3.63, 3.8) is 0 Å². The molecule has 3 N–H and O–H groups in total. The van der Waals surface area contributed by atoms with Crippen LogP contribution in [0.4, 0.5) is 5.69 Å². The highest BCUT2D eigenvalue weighted by molar-refractivity contribution is 6.25. The highest BCUT2D eigenvalue weighted by Crippen LogP contribution is 2.34. The summed E-state index contributed by atoms with van der Waals surface area (Å²) in [5.74, 6) is -1.96. The number of piperazine rings is 1. The molecule has 0 bridgehead atoms. The summed E-state index contributed by atoms with van der Waals surface area (Å²) >= 11 is 0. The molecule has 1 unspecified atom stereocenters. The molecule has 0 spiro atoms. The lowest BCUT2D eigenvalue weighted by Crippen LogP contribution is -2.54. The first-order valence-corrected chi connectivity index (χ1v) is 11.0. The summed E-state index contributed by atoms with van der Waals surface area (Å²) < 4.78 is 0. The van der Waals surface area contributed by atoms with Gasteiger partial charge in [-0.1, -0.05) is 6.07 Å². The van der Waals surface area contributed by atoms with Crippen LogP contribution in [0.15, 0.2) is 18.2 Å². The van der Waals surface area contributed by atoms with Gasteiger partial charge in [0.15, 0.2) is 0 Å². The normalized spacial score (nSPS) is 21.2. The van der Waals surface area contributed by atoms with Gasteiger partial charge in [0.2, 0.25) is 17.7 Å². The molecule has 0 aromatic heterocycles. The predicted molar refractivity (Wildman–Crippen MR) is 115 cm³/mol. The number of carbonyl (C=O) groups is 5. The maximum Gasteiger partial charge on any atom is 0.264 e. The topological polar surface area (TPSA) is 133 Å². The molecule has 3 aliphatic rings. The fraction of sp³-hybridized carbons (Fsp3) is 0.500. The third kappa shape index (κ3) is 3.97. The van der Waals surface area contributed by atoms with Crippen molar-refractivity contribution in [1.29, 1.82) is 0 Å². The van der Waals surface area contributed by atoms with E-state index in [2.05, 4.69) is 5.32 Å². The second kappa shape index (κ2) is 9.07. The Hall–Kier alpha value is -3.27. The van der Waals surface area contributed by atoms with Gasteiger partial charge in [-0.2, -0.15) is 0 Å². The summed E-state index contributed by atoms with van der Waals surface area (Å²) in [6.07, 6.45) is 2.27. The minimum Gasteiger partial charge on any atom is -0.367 e. The Morgan fingerprint density at radius 2 is 1.78 bits per heavy atom. The van der Waals surface area contributed by atoms with E-state index in [-0.39, 0.29) is 29.9 Å². The van der Waals surface area contributed by atoms with Gasteiger partial charge in [0.05, 0.1) is 16.8 Å². The molecule has 10 heteroatoms. The number of unbranched alkanes of at least 4 members (excludes halogenated alkanes) is 1. The van der Waals surface area contributed by atoms with Crippen LogP contribution in [0.5, 0.6) is 0 Å². The third-order valence-electron chi connectivity index (χ3n) is 6.26. The number of imide groups is 2. The molecule has 32 heavy (non-hydrogen) atoms. The lowest BCUT2D eigenvalue weighted by molar-refractivity contribution is -0.136. The smallest absolute Gasteiger partial charge is 0.264 e. The number of carbonyl (C=O) groups excluding carboxylic acids is 5. The number of nitrogens with zero attached hydrogens (tertiary/aromatic N) is 3. The van der Waals surface area contributed by atoms with Gasteiger partial charge >= 0.3 is 0 Å². The van der Waals surface area contributed by atoms with Crippen molar-refractivity contribution in [3.05, 3.63) is 29.3 Å². The van der Waals surface area contributed by atoms with Gasteiger partial charge in [-0.3, -0.25) is 34.2 Å². The van der Waals surface area contributed by atoms with Gasteiger partial charge in [-0.05, 0) is 37.9 Å². The molecule has 10 nitrogen and oxygen atoms in total. The van der Waals surface area contributed by atoms with Crippen LogP contribution in [0.1, 0.15) is 52.8 Å². The number of hydrogen-bond acceptors (Lipinski definition) is 7. The van der Waals surface area contributed by atoms with Crippen LogP contribution in [-0.2, 0) is 14.4 Å². The largest absolute Gasteiger partial charge is 0.367 e. The van der Waals surface area contributed by atoms with E-state index >= 15 is 0 Å². The molecule has 1 aromatic rings. The average Bonchev–Trinajstić information content (AvgIpc) is 3.04. The summed E-state index contributed by atoms with van der Waals surface area (Å²) in [6.45, 7) is 2.72. The summed E-state index contributed by atoms with van der Waals surface area (Å²) in [5.41, 5.74) is 6.66. The van der Waals surface area contributed by atoms with Crippen LogP contribution < -0.4 is 16.0 Å². The summed E-state index contributed by atoms with van der Waals surface area (Å²) in [4.78, 5) is 67.2. The van der Waals surface area contributed by atoms with E-state index in [9.17, 15) is 24.0 Å². The Labute approximate surface area is 185 Å². The minimum atomic E-state index is -0.990. The maximum atomic E-state index is 13.3. The molecular formula is C22H27N5O5. The summed E-state index contributed by atoms with van der Waals surface area (Å²) in [7, 11) is 0. The molecule has 0 saturated carbocycles. The van der Waals surface area contributed by atoms with Crippen molar-refractivity contribution in [3.8, 4) is 0 Å². The molecule has 2 saturated heterocycles. The number of fused-ring (bicyclic) bond motifs is 1. The van der Waals surface area contributed by atoms with Gasteiger partial charge in [-0.25, -0.2) is 0 Å². The number of amides is 5. The number of rotatable bonds is 6. The summed E-state index contributed by atoms with van der Waals surface area (Å²) in [5, 5.41) is 2.21. The first-order chi connectivity index (χ1) is 15.4. The van der Waals surface area contributed by atoms with Gasteiger partial charge in [0.25, 0.3) is 11.8 Å². The van der Waals surface area contributed by atoms with Crippen LogP contribution in [0.3, 0.4) is 0 Å². The molecule has 1 atom stereocenters. The van der Waals surface area contributed by atoms with Crippen molar-refractivity contribution in [2.45, 2.75) is 38.1 Å². The van der Waals surface area contributed by atoms with Crippen molar-refractivity contribution < 1.29 is 24.0 Å². The van der Waals surface area contributed by atoms with Crippen molar-refractivity contribution in [2.75, 3.05) is 37.6 Å². The molecular weight excluding hydrogens is 414 g/mol.